The highest BCUT2D eigenvalue weighted by Crippen LogP contribution is 2.33. The van der Waals surface area contributed by atoms with Crippen molar-refractivity contribution >= 4 is 33.3 Å². The van der Waals surface area contributed by atoms with Crippen molar-refractivity contribution in [3.8, 4) is 5.75 Å². The van der Waals surface area contributed by atoms with E-state index in [1.54, 1.807) is 0 Å². The van der Waals surface area contributed by atoms with E-state index >= 15 is 0 Å². The molecule has 0 saturated heterocycles. The number of benzene rings is 1. The van der Waals surface area contributed by atoms with Crippen LogP contribution in [0, 0.1) is 5.82 Å². The van der Waals surface area contributed by atoms with Crippen LogP contribution in [0.2, 0.25) is 5.28 Å². The van der Waals surface area contributed by atoms with Crippen molar-refractivity contribution in [1.82, 2.24) is 9.97 Å². The molecule has 1 aliphatic heterocycles. The fourth-order valence-corrected chi connectivity index (χ4v) is 2.81. The summed E-state index contributed by atoms with van der Waals surface area (Å²) in [7, 11) is 0. The van der Waals surface area contributed by atoms with E-state index in [2.05, 4.69) is 31.2 Å². The second kappa shape index (κ2) is 5.54. The molecule has 1 aromatic heterocycles. The van der Waals surface area contributed by atoms with Crippen LogP contribution < -0.4 is 10.1 Å². The zero-order chi connectivity index (χ0) is 14.1. The van der Waals surface area contributed by atoms with Crippen LogP contribution in [0.5, 0.6) is 5.75 Å². The lowest BCUT2D eigenvalue weighted by atomic mass is 10.1. The molecule has 0 aliphatic carbocycles. The van der Waals surface area contributed by atoms with Crippen LogP contribution in [0.25, 0.3) is 0 Å². The number of rotatable bonds is 3. The average Bonchev–Trinajstić information content (AvgIpc) is 2.87. The average molecular weight is 359 g/mol. The van der Waals surface area contributed by atoms with Crippen LogP contribution in [-0.2, 0) is 13.0 Å². The van der Waals surface area contributed by atoms with Gasteiger partial charge in [0.25, 0.3) is 0 Å². The molecular formula is C13H10BrClFN3O. The van der Waals surface area contributed by atoms with Gasteiger partial charge in [-0.2, -0.15) is 4.98 Å². The number of halogens is 3. The Hall–Kier alpha value is -1.40. The summed E-state index contributed by atoms with van der Waals surface area (Å²) in [5.74, 6) is 0.403. The maximum Gasteiger partial charge on any atom is 0.224 e. The Balaban J connectivity index is 1.84. The Labute approximate surface area is 128 Å². The molecule has 0 atom stereocenters. The molecule has 3 rings (SSSR count). The molecule has 0 radical (unpaired) electrons. The number of nitrogens with one attached hydrogen (secondary N) is 1. The van der Waals surface area contributed by atoms with Gasteiger partial charge in [-0.05, 0) is 29.3 Å². The van der Waals surface area contributed by atoms with E-state index in [1.807, 2.05) is 12.1 Å². The molecule has 4 nitrogen and oxygen atoms in total. The van der Waals surface area contributed by atoms with Crippen molar-refractivity contribution in [1.29, 1.82) is 0 Å². The van der Waals surface area contributed by atoms with Crippen LogP contribution in [0.4, 0.5) is 10.2 Å². The summed E-state index contributed by atoms with van der Waals surface area (Å²) in [5, 5.41) is 2.92. The van der Waals surface area contributed by atoms with E-state index in [-0.39, 0.29) is 11.1 Å². The topological polar surface area (TPSA) is 47.0 Å². The maximum atomic E-state index is 13.5. The first-order valence-electron chi connectivity index (χ1n) is 5.99. The van der Waals surface area contributed by atoms with Gasteiger partial charge in [-0.1, -0.05) is 15.9 Å². The molecule has 0 fully saturated rings. The standard InChI is InChI=1S/C13H10BrClFN3O/c14-9-3-7-1-2-20-11(7)8(4-9)5-17-12-10(16)6-18-13(15)19-12/h3-4,6H,1-2,5H2,(H,17,18,19). The van der Waals surface area contributed by atoms with E-state index in [0.29, 0.717) is 13.2 Å². The number of fused-ring (bicyclic) bond motifs is 1. The third-order valence-corrected chi connectivity index (χ3v) is 3.63. The summed E-state index contributed by atoms with van der Waals surface area (Å²) < 4.78 is 20.1. The molecule has 1 aliphatic rings. The molecule has 0 bridgehead atoms. The summed E-state index contributed by atoms with van der Waals surface area (Å²) in [6.07, 6.45) is 1.93. The molecule has 1 N–H and O–H groups in total. The predicted octanol–water partition coefficient (Wildman–Crippen LogP) is 3.58. The highest BCUT2D eigenvalue weighted by atomic mass is 79.9. The number of aromatic nitrogens is 2. The molecule has 20 heavy (non-hydrogen) atoms. The van der Waals surface area contributed by atoms with Gasteiger partial charge >= 0.3 is 0 Å². The molecule has 104 valence electrons. The molecule has 1 aromatic carbocycles. The van der Waals surface area contributed by atoms with Crippen molar-refractivity contribution < 1.29 is 9.13 Å². The van der Waals surface area contributed by atoms with Gasteiger partial charge in [0.2, 0.25) is 5.28 Å². The molecular weight excluding hydrogens is 349 g/mol. The first kappa shape index (κ1) is 13.6. The second-order valence-electron chi connectivity index (χ2n) is 4.34. The Morgan fingerprint density at radius 3 is 3.15 bits per heavy atom. The Bertz CT molecular complexity index is 668. The van der Waals surface area contributed by atoms with Crippen molar-refractivity contribution in [2.45, 2.75) is 13.0 Å². The number of anilines is 1. The van der Waals surface area contributed by atoms with Gasteiger partial charge in [-0.3, -0.25) is 0 Å². The van der Waals surface area contributed by atoms with Gasteiger partial charge in [0.05, 0.1) is 12.8 Å². The van der Waals surface area contributed by atoms with Crippen molar-refractivity contribution in [2.75, 3.05) is 11.9 Å². The predicted molar refractivity (Wildman–Crippen MR) is 77.7 cm³/mol. The summed E-state index contributed by atoms with van der Waals surface area (Å²) in [5.41, 5.74) is 2.10. The Kier molecular flexibility index (Phi) is 3.76. The van der Waals surface area contributed by atoms with Crippen LogP contribution in [0.15, 0.2) is 22.8 Å². The molecule has 0 amide bonds. The molecule has 2 heterocycles. The van der Waals surface area contributed by atoms with E-state index in [1.165, 1.54) is 0 Å². The van der Waals surface area contributed by atoms with Crippen LogP contribution in [-0.4, -0.2) is 16.6 Å². The first-order valence-corrected chi connectivity index (χ1v) is 7.16. The van der Waals surface area contributed by atoms with Crippen molar-refractivity contribution in [3.05, 3.63) is 45.0 Å². The fourth-order valence-electron chi connectivity index (χ4n) is 2.13. The maximum absolute atomic E-state index is 13.5. The summed E-state index contributed by atoms with van der Waals surface area (Å²) in [6, 6.07) is 3.98. The van der Waals surface area contributed by atoms with E-state index in [0.717, 1.165) is 34.0 Å². The number of hydrogen-bond donors (Lipinski definition) is 1. The van der Waals surface area contributed by atoms with E-state index in [9.17, 15) is 4.39 Å². The van der Waals surface area contributed by atoms with Crippen molar-refractivity contribution in [2.24, 2.45) is 0 Å². The fraction of sp³-hybridized carbons (Fsp3) is 0.231. The normalized spacial score (nSPS) is 12.9. The first-order chi connectivity index (χ1) is 9.63. The molecule has 2 aromatic rings. The lowest BCUT2D eigenvalue weighted by Crippen LogP contribution is -2.06. The molecule has 0 spiro atoms. The highest BCUT2D eigenvalue weighted by molar-refractivity contribution is 9.10. The Morgan fingerprint density at radius 2 is 2.30 bits per heavy atom. The monoisotopic (exact) mass is 357 g/mol. The van der Waals surface area contributed by atoms with Crippen LogP contribution >= 0.6 is 27.5 Å². The molecule has 7 heteroatoms. The summed E-state index contributed by atoms with van der Waals surface area (Å²) in [4.78, 5) is 7.39. The zero-order valence-corrected chi connectivity index (χ0v) is 12.6. The largest absolute Gasteiger partial charge is 0.493 e. The van der Waals surface area contributed by atoms with Gasteiger partial charge < -0.3 is 10.1 Å². The van der Waals surface area contributed by atoms with Gasteiger partial charge in [-0.25, -0.2) is 9.37 Å². The van der Waals surface area contributed by atoms with Gasteiger partial charge in [0.15, 0.2) is 11.6 Å². The minimum absolute atomic E-state index is 0.00428. The Morgan fingerprint density at radius 1 is 1.45 bits per heavy atom. The van der Waals surface area contributed by atoms with E-state index in [4.69, 9.17) is 16.3 Å². The summed E-state index contributed by atoms with van der Waals surface area (Å²) >= 11 is 9.12. The van der Waals surface area contributed by atoms with Gasteiger partial charge in [-0.15, -0.1) is 0 Å². The molecule has 0 saturated carbocycles. The third kappa shape index (κ3) is 2.71. The zero-order valence-electron chi connectivity index (χ0n) is 10.3. The van der Waals surface area contributed by atoms with Gasteiger partial charge in [0.1, 0.15) is 5.75 Å². The molecule has 0 unspecified atom stereocenters. The van der Waals surface area contributed by atoms with Crippen LogP contribution in [0.3, 0.4) is 0 Å². The SMILES string of the molecule is Fc1cnc(Cl)nc1NCc1cc(Br)cc2c1OCC2. The smallest absolute Gasteiger partial charge is 0.224 e. The van der Waals surface area contributed by atoms with Crippen LogP contribution in [0.1, 0.15) is 11.1 Å². The second-order valence-corrected chi connectivity index (χ2v) is 5.59. The van der Waals surface area contributed by atoms with Gasteiger partial charge in [0, 0.05) is 23.0 Å². The highest BCUT2D eigenvalue weighted by Gasteiger charge is 2.17. The number of nitrogens with zero attached hydrogens (tertiary/aromatic N) is 2. The summed E-state index contributed by atoms with van der Waals surface area (Å²) in [6.45, 7) is 1.07. The number of hydrogen-bond acceptors (Lipinski definition) is 4. The quantitative estimate of drug-likeness (QED) is 0.852. The lowest BCUT2D eigenvalue weighted by molar-refractivity contribution is 0.354. The number of ether oxygens (including phenoxy) is 1. The lowest BCUT2D eigenvalue weighted by Gasteiger charge is -2.11. The minimum Gasteiger partial charge on any atom is -0.493 e. The van der Waals surface area contributed by atoms with Crippen molar-refractivity contribution in [3.63, 3.8) is 0 Å². The third-order valence-electron chi connectivity index (χ3n) is 2.99. The minimum atomic E-state index is -0.540. The van der Waals surface area contributed by atoms with E-state index < -0.39 is 5.82 Å².